The Balaban J connectivity index is 1.90. The van der Waals surface area contributed by atoms with E-state index in [1.165, 1.54) is 12.1 Å². The molecule has 8 heteroatoms. The van der Waals surface area contributed by atoms with Gasteiger partial charge < -0.3 is 14.0 Å². The molecule has 0 saturated carbocycles. The summed E-state index contributed by atoms with van der Waals surface area (Å²) in [6.45, 7) is 4.34. The highest BCUT2D eigenvalue weighted by molar-refractivity contribution is 7.16. The highest BCUT2D eigenvalue weighted by Crippen LogP contribution is 2.19. The lowest BCUT2D eigenvalue weighted by Crippen LogP contribution is -2.23. The van der Waals surface area contributed by atoms with Crippen LogP contribution in [-0.4, -0.2) is 29.7 Å². The Morgan fingerprint density at radius 1 is 1.10 bits per heavy atom. The first-order valence-electron chi connectivity index (χ1n) is 9.24. The maximum atomic E-state index is 13.6. The quantitative estimate of drug-likeness (QED) is 0.553. The molecular formula is C21H21FN2O4S. The van der Waals surface area contributed by atoms with E-state index in [9.17, 15) is 14.0 Å². The van der Waals surface area contributed by atoms with Crippen molar-refractivity contribution in [1.82, 2.24) is 4.57 Å². The van der Waals surface area contributed by atoms with E-state index in [4.69, 9.17) is 9.47 Å². The molecule has 0 fully saturated rings. The molecule has 29 heavy (non-hydrogen) atoms. The van der Waals surface area contributed by atoms with Crippen LogP contribution in [0.1, 0.15) is 19.4 Å². The minimum absolute atomic E-state index is 0.103. The van der Waals surface area contributed by atoms with Gasteiger partial charge in [-0.2, -0.15) is 4.99 Å². The van der Waals surface area contributed by atoms with Crippen LogP contribution in [0, 0.1) is 5.82 Å². The summed E-state index contributed by atoms with van der Waals surface area (Å²) in [5, 5.41) is 0. The molecule has 0 atom stereocenters. The third-order valence-electron chi connectivity index (χ3n) is 4.05. The van der Waals surface area contributed by atoms with Gasteiger partial charge in [-0.3, -0.25) is 9.59 Å². The standard InChI is InChI=1S/C21H21FN2O4S/c1-3-27-16-8-5-14(6-9-16)11-19(25)23-21-24(13-20(26)28-4-2)17-10-7-15(22)12-18(17)29-21/h5-10,12H,3-4,11,13H2,1-2H3. The molecule has 0 radical (unpaired) electrons. The number of benzene rings is 2. The molecule has 6 nitrogen and oxygen atoms in total. The van der Waals surface area contributed by atoms with E-state index in [1.807, 2.05) is 19.1 Å². The molecule has 1 aromatic heterocycles. The monoisotopic (exact) mass is 416 g/mol. The molecule has 0 saturated heterocycles. The maximum absolute atomic E-state index is 13.6. The molecule has 1 amide bonds. The number of thiazole rings is 1. The molecule has 0 aliphatic rings. The molecule has 0 unspecified atom stereocenters. The largest absolute Gasteiger partial charge is 0.494 e. The van der Waals surface area contributed by atoms with Gasteiger partial charge in [0.2, 0.25) is 0 Å². The molecular weight excluding hydrogens is 395 g/mol. The summed E-state index contributed by atoms with van der Waals surface area (Å²) in [7, 11) is 0. The molecule has 0 N–H and O–H groups in total. The van der Waals surface area contributed by atoms with Crippen LogP contribution in [-0.2, 0) is 27.3 Å². The number of esters is 1. The van der Waals surface area contributed by atoms with Crippen molar-refractivity contribution in [2.24, 2.45) is 4.99 Å². The molecule has 3 aromatic rings. The number of aromatic nitrogens is 1. The van der Waals surface area contributed by atoms with Crippen molar-refractivity contribution in [3.05, 3.63) is 58.6 Å². The van der Waals surface area contributed by atoms with Gasteiger partial charge in [0.1, 0.15) is 18.1 Å². The third-order valence-corrected chi connectivity index (χ3v) is 5.09. The van der Waals surface area contributed by atoms with Crippen molar-refractivity contribution in [2.75, 3.05) is 13.2 Å². The molecule has 1 heterocycles. The van der Waals surface area contributed by atoms with Crippen molar-refractivity contribution < 1.29 is 23.5 Å². The molecule has 0 aliphatic carbocycles. The summed E-state index contributed by atoms with van der Waals surface area (Å²) in [5.41, 5.74) is 1.42. The van der Waals surface area contributed by atoms with Crippen LogP contribution in [0.25, 0.3) is 10.2 Å². The van der Waals surface area contributed by atoms with Gasteiger partial charge in [-0.15, -0.1) is 0 Å². The van der Waals surface area contributed by atoms with E-state index < -0.39 is 11.8 Å². The van der Waals surface area contributed by atoms with Crippen LogP contribution >= 0.6 is 11.3 Å². The van der Waals surface area contributed by atoms with E-state index in [2.05, 4.69) is 4.99 Å². The van der Waals surface area contributed by atoms with E-state index in [0.717, 1.165) is 22.6 Å². The summed E-state index contributed by atoms with van der Waals surface area (Å²) in [5.74, 6) is -0.468. The highest BCUT2D eigenvalue weighted by atomic mass is 32.1. The first-order chi connectivity index (χ1) is 14.0. The molecule has 0 aliphatic heterocycles. The van der Waals surface area contributed by atoms with Crippen LogP contribution in [0.15, 0.2) is 47.5 Å². The van der Waals surface area contributed by atoms with Crippen LogP contribution in [0.2, 0.25) is 0 Å². The normalized spacial score (nSPS) is 11.6. The summed E-state index contributed by atoms with van der Waals surface area (Å²) in [6, 6.07) is 11.5. The number of rotatable bonds is 7. The fourth-order valence-corrected chi connectivity index (χ4v) is 3.88. The Kier molecular flexibility index (Phi) is 6.77. The lowest BCUT2D eigenvalue weighted by Gasteiger charge is -2.05. The van der Waals surface area contributed by atoms with Gasteiger partial charge in [-0.05, 0) is 49.7 Å². The zero-order valence-corrected chi connectivity index (χ0v) is 17.0. The van der Waals surface area contributed by atoms with Gasteiger partial charge in [0.25, 0.3) is 5.91 Å². The van der Waals surface area contributed by atoms with Gasteiger partial charge in [0, 0.05) is 0 Å². The highest BCUT2D eigenvalue weighted by Gasteiger charge is 2.13. The summed E-state index contributed by atoms with van der Waals surface area (Å²) >= 11 is 1.15. The van der Waals surface area contributed by atoms with Crippen molar-refractivity contribution in [3.63, 3.8) is 0 Å². The number of carbonyl (C=O) groups is 2. The number of ether oxygens (including phenoxy) is 2. The number of carbonyl (C=O) groups excluding carboxylic acids is 2. The second-order valence-corrected chi connectivity index (χ2v) is 7.16. The zero-order chi connectivity index (χ0) is 20.8. The van der Waals surface area contributed by atoms with Gasteiger partial charge in [-0.25, -0.2) is 4.39 Å². The second-order valence-electron chi connectivity index (χ2n) is 6.15. The second kappa shape index (κ2) is 9.47. The number of hydrogen-bond acceptors (Lipinski definition) is 5. The Morgan fingerprint density at radius 3 is 2.55 bits per heavy atom. The number of nitrogens with zero attached hydrogens (tertiary/aromatic N) is 2. The SMILES string of the molecule is CCOC(=O)Cn1c(=NC(=O)Cc2ccc(OCC)cc2)sc2cc(F)ccc21. The Morgan fingerprint density at radius 2 is 1.86 bits per heavy atom. The molecule has 152 valence electrons. The van der Waals surface area contributed by atoms with Gasteiger partial charge >= 0.3 is 5.97 Å². The van der Waals surface area contributed by atoms with Crippen molar-refractivity contribution in [3.8, 4) is 5.75 Å². The fraction of sp³-hybridized carbons (Fsp3) is 0.286. The predicted molar refractivity (Wildman–Crippen MR) is 108 cm³/mol. The van der Waals surface area contributed by atoms with Crippen LogP contribution < -0.4 is 9.54 Å². The first kappa shape index (κ1) is 20.7. The Labute approximate surface area is 171 Å². The van der Waals surface area contributed by atoms with E-state index in [0.29, 0.717) is 21.6 Å². The van der Waals surface area contributed by atoms with Crippen LogP contribution in [0.5, 0.6) is 5.75 Å². The summed E-state index contributed by atoms with van der Waals surface area (Å²) in [4.78, 5) is 29.0. The smallest absolute Gasteiger partial charge is 0.326 e. The van der Waals surface area contributed by atoms with E-state index in [1.54, 1.807) is 29.7 Å². The van der Waals surface area contributed by atoms with Gasteiger partial charge in [0.05, 0.1) is 29.9 Å². The average molecular weight is 416 g/mol. The van der Waals surface area contributed by atoms with Crippen molar-refractivity contribution >= 4 is 33.4 Å². The zero-order valence-electron chi connectivity index (χ0n) is 16.2. The van der Waals surface area contributed by atoms with Crippen molar-refractivity contribution in [1.29, 1.82) is 0 Å². The Bertz CT molecular complexity index is 1090. The average Bonchev–Trinajstić information content (AvgIpc) is 2.99. The molecule has 0 bridgehead atoms. The Hall–Kier alpha value is -3.00. The van der Waals surface area contributed by atoms with Crippen LogP contribution in [0.3, 0.4) is 0 Å². The van der Waals surface area contributed by atoms with Gasteiger partial charge in [-0.1, -0.05) is 23.5 Å². The van der Waals surface area contributed by atoms with Gasteiger partial charge in [0.15, 0.2) is 4.80 Å². The van der Waals surface area contributed by atoms with Crippen molar-refractivity contribution in [2.45, 2.75) is 26.8 Å². The predicted octanol–water partition coefficient (Wildman–Crippen LogP) is 3.47. The lowest BCUT2D eigenvalue weighted by molar-refractivity contribution is -0.143. The maximum Gasteiger partial charge on any atom is 0.326 e. The number of halogens is 1. The number of hydrogen-bond donors (Lipinski definition) is 0. The summed E-state index contributed by atoms with van der Waals surface area (Å²) in [6.07, 6.45) is 0.106. The molecule has 3 rings (SSSR count). The minimum Gasteiger partial charge on any atom is -0.494 e. The lowest BCUT2D eigenvalue weighted by atomic mass is 10.1. The van der Waals surface area contributed by atoms with Crippen LogP contribution in [0.4, 0.5) is 4.39 Å². The third kappa shape index (κ3) is 5.29. The fourth-order valence-electron chi connectivity index (χ4n) is 2.81. The van der Waals surface area contributed by atoms with E-state index >= 15 is 0 Å². The molecule has 0 spiro atoms. The topological polar surface area (TPSA) is 69.9 Å². The number of fused-ring (bicyclic) bond motifs is 1. The minimum atomic E-state index is -0.447. The summed E-state index contributed by atoms with van der Waals surface area (Å²) < 4.78 is 26.2. The first-order valence-corrected chi connectivity index (χ1v) is 10.1. The molecule has 2 aromatic carbocycles. The number of amides is 1. The van der Waals surface area contributed by atoms with E-state index in [-0.39, 0.29) is 25.5 Å².